The molecule has 4 nitrogen and oxygen atoms in total. The first-order valence-electron chi connectivity index (χ1n) is 7.50. The van der Waals surface area contributed by atoms with Gasteiger partial charge in [-0.2, -0.15) is 0 Å². The smallest absolute Gasteiger partial charge is 0.406 e. The summed E-state index contributed by atoms with van der Waals surface area (Å²) >= 11 is 0. The monoisotopic (exact) mass is 302 g/mol. The van der Waals surface area contributed by atoms with E-state index in [1.165, 1.54) is 17.9 Å². The Morgan fingerprint density at radius 2 is 1.57 bits per heavy atom. The van der Waals surface area contributed by atoms with Crippen molar-refractivity contribution >= 4 is 40.6 Å². The predicted octanol–water partition coefficient (Wildman–Crippen LogP) is 2.86. The third-order valence-corrected chi connectivity index (χ3v) is 4.18. The van der Waals surface area contributed by atoms with Gasteiger partial charge in [0.1, 0.15) is 0 Å². The quantitative estimate of drug-likeness (QED) is 0.564. The fraction of sp³-hybridized carbons (Fsp3) is 0.0556. The minimum atomic E-state index is -0.332. The average molecular weight is 302 g/mol. The summed E-state index contributed by atoms with van der Waals surface area (Å²) in [6.07, 6.45) is 0. The molecule has 1 aliphatic heterocycles. The van der Waals surface area contributed by atoms with Crippen LogP contribution in [0.3, 0.4) is 0 Å². The Hall–Kier alpha value is -2.95. The molecule has 0 aromatic heterocycles. The molecule has 4 rings (SSSR count). The maximum absolute atomic E-state index is 12.0. The van der Waals surface area contributed by atoms with Crippen molar-refractivity contribution in [1.29, 1.82) is 0 Å². The van der Waals surface area contributed by atoms with Gasteiger partial charge in [-0.1, -0.05) is 42.5 Å². The first-order chi connectivity index (χ1) is 11.3. The molecule has 0 unspecified atom stereocenters. The lowest BCUT2D eigenvalue weighted by Gasteiger charge is -2.27. The summed E-state index contributed by atoms with van der Waals surface area (Å²) < 4.78 is 4.90. The Kier molecular flexibility index (Phi) is 3.19. The van der Waals surface area contributed by atoms with Crippen LogP contribution in [-0.4, -0.2) is 20.1 Å². The van der Waals surface area contributed by atoms with E-state index in [0.29, 0.717) is 5.56 Å². The van der Waals surface area contributed by atoms with Crippen molar-refractivity contribution in [3.63, 3.8) is 0 Å². The Morgan fingerprint density at radius 3 is 2.22 bits per heavy atom. The molecule has 0 bridgehead atoms. The highest BCUT2D eigenvalue weighted by Crippen LogP contribution is 2.33. The maximum Gasteiger partial charge on any atom is 0.406 e. The third kappa shape index (κ3) is 2.21. The molecule has 112 valence electrons. The minimum Gasteiger partial charge on any atom is -0.465 e. The van der Waals surface area contributed by atoms with E-state index in [2.05, 4.69) is 34.7 Å². The van der Waals surface area contributed by atoms with Crippen molar-refractivity contribution < 1.29 is 9.53 Å². The van der Waals surface area contributed by atoms with Crippen LogP contribution >= 0.6 is 0 Å². The van der Waals surface area contributed by atoms with Crippen LogP contribution < -0.4 is 15.9 Å². The molecule has 0 atom stereocenters. The molecular formula is C18H15BN2O2. The number of rotatable bonds is 2. The van der Waals surface area contributed by atoms with Crippen molar-refractivity contribution in [2.75, 3.05) is 17.6 Å². The third-order valence-electron chi connectivity index (χ3n) is 4.18. The number of esters is 1. The fourth-order valence-corrected chi connectivity index (χ4v) is 3.13. The van der Waals surface area contributed by atoms with E-state index in [-0.39, 0.29) is 13.0 Å². The molecule has 1 heterocycles. The van der Waals surface area contributed by atoms with Crippen LogP contribution in [0, 0.1) is 0 Å². The molecule has 3 aromatic carbocycles. The van der Waals surface area contributed by atoms with Gasteiger partial charge in [0.25, 0.3) is 0 Å². The zero-order chi connectivity index (χ0) is 15.8. The molecule has 23 heavy (non-hydrogen) atoms. The van der Waals surface area contributed by atoms with E-state index in [0.717, 1.165) is 16.8 Å². The number of nitrogens with one attached hydrogen (secondary N) is 2. The SMILES string of the molecule is COC(=O)c1ccccc1B1Nc2cccc3cccc(c23)N1. The van der Waals surface area contributed by atoms with Crippen molar-refractivity contribution in [3.05, 3.63) is 66.2 Å². The second kappa shape index (κ2) is 5.36. The number of methoxy groups -OCH3 is 1. The minimum absolute atomic E-state index is 0.189. The van der Waals surface area contributed by atoms with Crippen molar-refractivity contribution in [3.8, 4) is 0 Å². The molecule has 3 aromatic rings. The number of anilines is 2. The topological polar surface area (TPSA) is 50.4 Å². The Labute approximate surface area is 134 Å². The van der Waals surface area contributed by atoms with Crippen LogP contribution in [0.25, 0.3) is 10.8 Å². The molecule has 0 amide bonds. The largest absolute Gasteiger partial charge is 0.465 e. The highest BCUT2D eigenvalue weighted by Gasteiger charge is 2.29. The highest BCUT2D eigenvalue weighted by atomic mass is 16.5. The lowest BCUT2D eigenvalue weighted by Crippen LogP contribution is -2.49. The van der Waals surface area contributed by atoms with Gasteiger partial charge in [-0.25, -0.2) is 4.79 Å². The van der Waals surface area contributed by atoms with Crippen LogP contribution in [0.2, 0.25) is 0 Å². The van der Waals surface area contributed by atoms with Crippen LogP contribution in [-0.2, 0) is 4.74 Å². The molecule has 0 saturated heterocycles. The van der Waals surface area contributed by atoms with Gasteiger partial charge in [-0.15, -0.1) is 0 Å². The zero-order valence-electron chi connectivity index (χ0n) is 12.7. The molecule has 0 aliphatic carbocycles. The molecule has 2 N–H and O–H groups in total. The predicted molar refractivity (Wildman–Crippen MR) is 94.4 cm³/mol. The number of carbonyl (C=O) groups excluding carboxylic acids is 1. The van der Waals surface area contributed by atoms with E-state index < -0.39 is 0 Å². The van der Waals surface area contributed by atoms with Gasteiger partial charge in [-0.05, 0) is 29.0 Å². The summed E-state index contributed by atoms with van der Waals surface area (Å²) in [7, 11) is 1.40. The number of benzene rings is 3. The van der Waals surface area contributed by atoms with E-state index in [1.807, 2.05) is 30.3 Å². The van der Waals surface area contributed by atoms with E-state index >= 15 is 0 Å². The van der Waals surface area contributed by atoms with Crippen LogP contribution in [0.4, 0.5) is 11.4 Å². The van der Waals surface area contributed by atoms with Gasteiger partial charge >= 0.3 is 13.0 Å². The average Bonchev–Trinajstić information content (AvgIpc) is 2.61. The number of hydrogen-bond donors (Lipinski definition) is 2. The Bertz CT molecular complexity index is 870. The number of carbonyl (C=O) groups is 1. The summed E-state index contributed by atoms with van der Waals surface area (Å²) in [4.78, 5) is 12.0. The van der Waals surface area contributed by atoms with Gasteiger partial charge in [0.05, 0.1) is 12.7 Å². The van der Waals surface area contributed by atoms with Crippen LogP contribution in [0.15, 0.2) is 60.7 Å². The van der Waals surface area contributed by atoms with Crippen LogP contribution in [0.1, 0.15) is 10.4 Å². The van der Waals surface area contributed by atoms with Gasteiger partial charge < -0.3 is 15.2 Å². The summed E-state index contributed by atoms with van der Waals surface area (Å²) in [6.45, 7) is -0.189. The lowest BCUT2D eigenvalue weighted by molar-refractivity contribution is 0.0602. The standard InChI is InChI=1S/C18H15BN2O2/c1-23-18(22)13-8-2-3-9-14(13)19-20-15-10-4-6-12-7-5-11-16(21-19)17(12)15/h2-11,20-21H,1H3. The Balaban J connectivity index is 1.81. The van der Waals surface area contributed by atoms with Crippen LogP contribution in [0.5, 0.6) is 0 Å². The second-order valence-electron chi connectivity index (χ2n) is 5.51. The van der Waals surface area contributed by atoms with Gasteiger partial charge in [0.15, 0.2) is 0 Å². The van der Waals surface area contributed by atoms with E-state index in [4.69, 9.17) is 4.74 Å². The fourth-order valence-electron chi connectivity index (χ4n) is 3.13. The summed E-state index contributed by atoms with van der Waals surface area (Å²) in [5.41, 5.74) is 3.54. The summed E-state index contributed by atoms with van der Waals surface area (Å²) in [5.74, 6) is -0.332. The molecular weight excluding hydrogens is 287 g/mol. The van der Waals surface area contributed by atoms with Crippen molar-refractivity contribution in [1.82, 2.24) is 0 Å². The van der Waals surface area contributed by atoms with Gasteiger partial charge in [0.2, 0.25) is 0 Å². The first kappa shape index (κ1) is 13.7. The number of ether oxygens (including phenoxy) is 1. The van der Waals surface area contributed by atoms with E-state index in [9.17, 15) is 4.79 Å². The normalized spacial score (nSPS) is 12.5. The molecule has 0 fully saturated rings. The highest BCUT2D eigenvalue weighted by molar-refractivity contribution is 6.81. The molecule has 0 spiro atoms. The maximum atomic E-state index is 12.0. The van der Waals surface area contributed by atoms with Gasteiger partial charge in [0, 0.05) is 16.8 Å². The second-order valence-corrected chi connectivity index (χ2v) is 5.51. The molecule has 0 saturated carbocycles. The summed E-state index contributed by atoms with van der Waals surface area (Å²) in [5, 5.41) is 9.30. The van der Waals surface area contributed by atoms with Crippen molar-refractivity contribution in [2.45, 2.75) is 0 Å². The first-order valence-corrected chi connectivity index (χ1v) is 7.50. The molecule has 1 aliphatic rings. The molecule has 5 heteroatoms. The lowest BCUT2D eigenvalue weighted by atomic mass is 9.64. The Morgan fingerprint density at radius 1 is 0.913 bits per heavy atom. The van der Waals surface area contributed by atoms with Gasteiger partial charge in [-0.3, -0.25) is 0 Å². The zero-order valence-corrected chi connectivity index (χ0v) is 12.7. The summed E-state index contributed by atoms with van der Waals surface area (Å²) in [6, 6.07) is 19.8. The number of hydrogen-bond acceptors (Lipinski definition) is 4. The van der Waals surface area contributed by atoms with Crippen molar-refractivity contribution in [2.24, 2.45) is 0 Å². The molecule has 0 radical (unpaired) electrons. The van der Waals surface area contributed by atoms with E-state index in [1.54, 1.807) is 6.07 Å².